The zero-order chi connectivity index (χ0) is 21.6. The molecule has 0 unspecified atom stereocenters. The molecule has 0 aromatic heterocycles. The summed E-state index contributed by atoms with van der Waals surface area (Å²) >= 11 is 0. The van der Waals surface area contributed by atoms with Crippen LogP contribution in [-0.4, -0.2) is 41.5 Å². The zero-order valence-corrected chi connectivity index (χ0v) is 17.8. The molecule has 0 fully saturated rings. The normalized spacial score (nSPS) is 13.1. The van der Waals surface area contributed by atoms with E-state index in [2.05, 4.69) is 67.7 Å². The van der Waals surface area contributed by atoms with Gasteiger partial charge in [0, 0.05) is 6.42 Å². The summed E-state index contributed by atoms with van der Waals surface area (Å²) in [6.45, 7) is 1.09. The fourth-order valence-corrected chi connectivity index (χ4v) is 2.17. The van der Waals surface area contributed by atoms with E-state index in [-0.39, 0.29) is 12.6 Å². The van der Waals surface area contributed by atoms with Crippen molar-refractivity contribution in [1.82, 2.24) is 0 Å². The van der Waals surface area contributed by atoms with E-state index >= 15 is 0 Å². The molecular weight excluding hydrogens is 366 g/mol. The highest BCUT2D eigenvalue weighted by molar-refractivity contribution is 5.69. The van der Waals surface area contributed by atoms with Crippen LogP contribution in [0.25, 0.3) is 0 Å². The van der Waals surface area contributed by atoms with Crippen LogP contribution in [0.5, 0.6) is 0 Å². The SMILES string of the molecule is CC/C=C\C/C=C\C/C=C\C/C=C\C/C=C\CCCC(=O)OCC(N)(CO)CO. The van der Waals surface area contributed by atoms with Crippen molar-refractivity contribution in [1.29, 1.82) is 0 Å². The summed E-state index contributed by atoms with van der Waals surface area (Å²) in [5.41, 5.74) is 4.37. The lowest BCUT2D eigenvalue weighted by Crippen LogP contribution is -2.51. The molecule has 0 aliphatic heterocycles. The Balaban J connectivity index is 3.65. The molecule has 164 valence electrons. The number of rotatable bonds is 17. The number of carbonyl (C=O) groups is 1. The second-order valence-electron chi connectivity index (χ2n) is 6.94. The number of carbonyl (C=O) groups excluding carboxylic acids is 1. The van der Waals surface area contributed by atoms with E-state index in [1.165, 1.54) is 0 Å². The first kappa shape index (κ1) is 27.0. The lowest BCUT2D eigenvalue weighted by Gasteiger charge is -2.23. The van der Waals surface area contributed by atoms with Crippen molar-refractivity contribution >= 4 is 5.97 Å². The van der Waals surface area contributed by atoms with Gasteiger partial charge in [-0.3, -0.25) is 4.79 Å². The molecule has 0 atom stereocenters. The van der Waals surface area contributed by atoms with Gasteiger partial charge in [0.1, 0.15) is 6.61 Å². The number of hydrogen-bond donors (Lipinski definition) is 3. The number of unbranched alkanes of at least 4 members (excludes halogenated alkanes) is 1. The summed E-state index contributed by atoms with van der Waals surface area (Å²) in [6, 6.07) is 0. The van der Waals surface area contributed by atoms with Gasteiger partial charge in [-0.25, -0.2) is 0 Å². The van der Waals surface area contributed by atoms with Gasteiger partial charge in [-0.2, -0.15) is 0 Å². The second-order valence-corrected chi connectivity index (χ2v) is 6.94. The minimum absolute atomic E-state index is 0.180. The molecule has 0 aromatic carbocycles. The largest absolute Gasteiger partial charge is 0.464 e. The number of hydrogen-bond acceptors (Lipinski definition) is 5. The number of ether oxygens (including phenoxy) is 1. The number of aliphatic hydroxyl groups excluding tert-OH is 2. The van der Waals surface area contributed by atoms with Crippen molar-refractivity contribution in [3.05, 3.63) is 60.8 Å². The summed E-state index contributed by atoms with van der Waals surface area (Å²) < 4.78 is 4.99. The topological polar surface area (TPSA) is 92.8 Å². The predicted molar refractivity (Wildman–Crippen MR) is 120 cm³/mol. The maximum absolute atomic E-state index is 11.6. The lowest BCUT2D eigenvalue weighted by molar-refractivity contribution is -0.146. The van der Waals surface area contributed by atoms with Crippen LogP contribution in [0.2, 0.25) is 0 Å². The fraction of sp³-hybridized carbons (Fsp3) is 0.542. The molecule has 0 aliphatic carbocycles. The molecule has 0 saturated carbocycles. The molecule has 5 nitrogen and oxygen atoms in total. The van der Waals surface area contributed by atoms with Gasteiger partial charge in [-0.1, -0.05) is 67.7 Å². The van der Waals surface area contributed by atoms with Gasteiger partial charge in [0.2, 0.25) is 0 Å². The third kappa shape index (κ3) is 17.9. The van der Waals surface area contributed by atoms with Crippen LogP contribution in [0.1, 0.15) is 58.3 Å². The van der Waals surface area contributed by atoms with Crippen molar-refractivity contribution in [3.8, 4) is 0 Å². The van der Waals surface area contributed by atoms with Crippen molar-refractivity contribution < 1.29 is 19.7 Å². The molecule has 0 rings (SSSR count). The molecule has 0 heterocycles. The summed E-state index contributed by atoms with van der Waals surface area (Å²) in [6.07, 6.45) is 28.2. The third-order valence-electron chi connectivity index (χ3n) is 4.06. The number of aliphatic hydroxyl groups is 2. The van der Waals surface area contributed by atoms with E-state index in [1.54, 1.807) is 0 Å². The molecule has 5 heteroatoms. The standard InChI is InChI=1S/C24H39NO4/c1-2-3-4-5-6-7-8-9-10-11-12-13-14-15-16-17-18-19-23(28)29-22-24(25,20-26)21-27/h3-4,6-7,9-10,12-13,15-16,26-27H,2,5,8,11,14,17-22,25H2,1H3/b4-3-,7-6-,10-9-,13-12-,16-15-. The average Bonchev–Trinajstić information content (AvgIpc) is 2.74. The van der Waals surface area contributed by atoms with Crippen molar-refractivity contribution in [2.75, 3.05) is 19.8 Å². The Bertz CT molecular complexity index is 543. The molecular formula is C24H39NO4. The Morgan fingerprint density at radius 3 is 1.72 bits per heavy atom. The summed E-state index contributed by atoms with van der Waals surface area (Å²) in [7, 11) is 0. The minimum Gasteiger partial charge on any atom is -0.464 e. The number of esters is 1. The second kappa shape index (κ2) is 19.4. The first-order valence-electron chi connectivity index (χ1n) is 10.5. The lowest BCUT2D eigenvalue weighted by atomic mass is 10.1. The molecule has 0 saturated heterocycles. The highest BCUT2D eigenvalue weighted by atomic mass is 16.5. The van der Waals surface area contributed by atoms with E-state index < -0.39 is 18.8 Å². The summed E-state index contributed by atoms with van der Waals surface area (Å²) in [5, 5.41) is 18.1. The highest BCUT2D eigenvalue weighted by Gasteiger charge is 2.25. The van der Waals surface area contributed by atoms with E-state index in [0.29, 0.717) is 12.8 Å². The predicted octanol–water partition coefficient (Wildman–Crippen LogP) is 4.13. The van der Waals surface area contributed by atoms with Crippen LogP contribution >= 0.6 is 0 Å². The molecule has 0 bridgehead atoms. The first-order valence-corrected chi connectivity index (χ1v) is 10.5. The van der Waals surface area contributed by atoms with Gasteiger partial charge in [0.25, 0.3) is 0 Å². The molecule has 0 aromatic rings. The van der Waals surface area contributed by atoms with E-state index in [0.717, 1.165) is 38.5 Å². The van der Waals surface area contributed by atoms with Gasteiger partial charge in [0.15, 0.2) is 0 Å². The number of allylic oxidation sites excluding steroid dienone is 10. The van der Waals surface area contributed by atoms with Gasteiger partial charge in [-0.15, -0.1) is 0 Å². The van der Waals surface area contributed by atoms with Crippen LogP contribution < -0.4 is 5.73 Å². The molecule has 4 N–H and O–H groups in total. The van der Waals surface area contributed by atoms with E-state index in [9.17, 15) is 4.79 Å². The van der Waals surface area contributed by atoms with E-state index in [4.69, 9.17) is 20.7 Å². The van der Waals surface area contributed by atoms with Crippen LogP contribution in [0.4, 0.5) is 0 Å². The highest BCUT2D eigenvalue weighted by Crippen LogP contribution is 2.04. The average molecular weight is 406 g/mol. The molecule has 0 amide bonds. The van der Waals surface area contributed by atoms with Crippen LogP contribution in [0.15, 0.2) is 60.8 Å². The van der Waals surface area contributed by atoms with Crippen LogP contribution in [-0.2, 0) is 9.53 Å². The molecule has 0 aliphatic rings. The Kier molecular flexibility index (Phi) is 18.1. The Morgan fingerprint density at radius 1 is 0.828 bits per heavy atom. The minimum atomic E-state index is -1.26. The molecule has 29 heavy (non-hydrogen) atoms. The smallest absolute Gasteiger partial charge is 0.305 e. The maximum Gasteiger partial charge on any atom is 0.305 e. The zero-order valence-electron chi connectivity index (χ0n) is 17.8. The van der Waals surface area contributed by atoms with Crippen LogP contribution in [0, 0.1) is 0 Å². The van der Waals surface area contributed by atoms with Crippen molar-refractivity contribution in [2.45, 2.75) is 63.8 Å². The molecule has 0 spiro atoms. The van der Waals surface area contributed by atoms with Crippen molar-refractivity contribution in [2.24, 2.45) is 5.73 Å². The maximum atomic E-state index is 11.6. The number of nitrogens with two attached hydrogens (primary N) is 1. The summed E-state index contributed by atoms with van der Waals surface area (Å²) in [4.78, 5) is 11.6. The Labute approximate surface area is 176 Å². The van der Waals surface area contributed by atoms with Crippen LogP contribution in [0.3, 0.4) is 0 Å². The molecule has 0 radical (unpaired) electrons. The van der Waals surface area contributed by atoms with Gasteiger partial charge < -0.3 is 20.7 Å². The Morgan fingerprint density at radius 2 is 1.28 bits per heavy atom. The van der Waals surface area contributed by atoms with E-state index in [1.807, 2.05) is 0 Å². The van der Waals surface area contributed by atoms with Gasteiger partial charge in [-0.05, 0) is 44.9 Å². The van der Waals surface area contributed by atoms with Crippen molar-refractivity contribution in [3.63, 3.8) is 0 Å². The van der Waals surface area contributed by atoms with Gasteiger partial charge >= 0.3 is 5.97 Å². The van der Waals surface area contributed by atoms with Gasteiger partial charge in [0.05, 0.1) is 18.8 Å². The fourth-order valence-electron chi connectivity index (χ4n) is 2.17. The third-order valence-corrected chi connectivity index (χ3v) is 4.06. The Hall–Kier alpha value is -1.95. The first-order chi connectivity index (χ1) is 14.1. The summed E-state index contributed by atoms with van der Waals surface area (Å²) in [5.74, 6) is -0.367. The monoisotopic (exact) mass is 405 g/mol. The quantitative estimate of drug-likeness (QED) is 0.192.